The lowest BCUT2D eigenvalue weighted by molar-refractivity contribution is -0.102. The third-order valence-corrected chi connectivity index (χ3v) is 5.99. The summed E-state index contributed by atoms with van der Waals surface area (Å²) in [6.45, 7) is 9.29. The van der Waals surface area contributed by atoms with Gasteiger partial charge in [0, 0.05) is 37.8 Å². The molecule has 0 aliphatic carbocycles. The number of nitrogens with zero attached hydrogens (tertiary/aromatic N) is 2. The second-order valence-electron chi connectivity index (χ2n) is 10.5. The molecule has 1 atom stereocenters. The molecule has 2 heterocycles. The molecular formula is C28H38N4O5. The van der Waals surface area contributed by atoms with E-state index in [1.165, 1.54) is 13.1 Å². The van der Waals surface area contributed by atoms with Crippen molar-refractivity contribution in [2.24, 2.45) is 0 Å². The highest BCUT2D eigenvalue weighted by Gasteiger charge is 2.35. The summed E-state index contributed by atoms with van der Waals surface area (Å²) < 4.78 is 11.5. The molecule has 1 aliphatic heterocycles. The third-order valence-electron chi connectivity index (χ3n) is 5.99. The molecular weight excluding hydrogens is 472 g/mol. The van der Waals surface area contributed by atoms with Gasteiger partial charge in [0.1, 0.15) is 11.3 Å². The largest absolute Gasteiger partial charge is 0.444 e. The molecule has 37 heavy (non-hydrogen) atoms. The highest BCUT2D eigenvalue weighted by atomic mass is 16.6. The van der Waals surface area contributed by atoms with E-state index < -0.39 is 11.2 Å². The minimum Gasteiger partial charge on any atom is -0.444 e. The number of hydrogen-bond acceptors (Lipinski definition) is 6. The molecule has 1 unspecified atom stereocenters. The predicted molar refractivity (Wildman–Crippen MR) is 141 cm³/mol. The first-order valence-corrected chi connectivity index (χ1v) is 12.6. The summed E-state index contributed by atoms with van der Waals surface area (Å²) in [5, 5.41) is 5.51. The standard InChI is InChI=1S/C28H38N4O5/c1-27(2,3)37-26(35)32-14-15-36-28(4,19-32)12-9-13-30-24(33)21-17-22(16-20-10-7-6-8-11-20)31-23(18-21)25(34)29-5/h6-8,10-11,17-18H,9,12-16,19H2,1-5H3,(H,29,34)(H,30,33). The van der Waals surface area contributed by atoms with E-state index in [4.69, 9.17) is 9.47 Å². The quantitative estimate of drug-likeness (QED) is 0.526. The average molecular weight is 511 g/mol. The van der Waals surface area contributed by atoms with Crippen LogP contribution in [0.3, 0.4) is 0 Å². The van der Waals surface area contributed by atoms with Gasteiger partial charge in [-0.3, -0.25) is 9.59 Å². The molecule has 0 saturated carbocycles. The van der Waals surface area contributed by atoms with Crippen LogP contribution in [0.1, 0.15) is 72.6 Å². The number of pyridine rings is 1. The number of carbonyl (C=O) groups excluding carboxylic acids is 3. The lowest BCUT2D eigenvalue weighted by Gasteiger charge is -2.41. The smallest absolute Gasteiger partial charge is 0.410 e. The Balaban J connectivity index is 1.58. The predicted octanol–water partition coefficient (Wildman–Crippen LogP) is 3.57. The zero-order valence-corrected chi connectivity index (χ0v) is 22.4. The van der Waals surface area contributed by atoms with Crippen LogP contribution in [0.25, 0.3) is 0 Å². The first-order chi connectivity index (χ1) is 17.5. The summed E-state index contributed by atoms with van der Waals surface area (Å²) in [7, 11) is 1.53. The van der Waals surface area contributed by atoms with Gasteiger partial charge in [0.2, 0.25) is 0 Å². The maximum absolute atomic E-state index is 12.9. The van der Waals surface area contributed by atoms with Crippen LogP contribution < -0.4 is 10.6 Å². The monoisotopic (exact) mass is 510 g/mol. The van der Waals surface area contributed by atoms with Crippen molar-refractivity contribution in [1.29, 1.82) is 0 Å². The number of carbonyl (C=O) groups is 3. The minimum atomic E-state index is -0.554. The first-order valence-electron chi connectivity index (χ1n) is 12.6. The van der Waals surface area contributed by atoms with Crippen molar-refractivity contribution >= 4 is 17.9 Å². The molecule has 2 N–H and O–H groups in total. The fraction of sp³-hybridized carbons (Fsp3) is 0.500. The van der Waals surface area contributed by atoms with Gasteiger partial charge >= 0.3 is 6.09 Å². The summed E-state index contributed by atoms with van der Waals surface area (Å²) in [6.07, 6.45) is 1.49. The second kappa shape index (κ2) is 12.2. The molecule has 1 aliphatic rings. The average Bonchev–Trinajstić information content (AvgIpc) is 2.85. The highest BCUT2D eigenvalue weighted by molar-refractivity contribution is 5.98. The number of morpholine rings is 1. The summed E-state index contributed by atoms with van der Waals surface area (Å²) >= 11 is 0. The fourth-order valence-corrected chi connectivity index (χ4v) is 4.19. The summed E-state index contributed by atoms with van der Waals surface area (Å²) in [4.78, 5) is 43.8. The Morgan fingerprint density at radius 2 is 1.86 bits per heavy atom. The number of benzene rings is 1. The van der Waals surface area contributed by atoms with Crippen molar-refractivity contribution in [2.45, 2.75) is 58.2 Å². The van der Waals surface area contributed by atoms with E-state index in [2.05, 4.69) is 15.6 Å². The van der Waals surface area contributed by atoms with Crippen LogP contribution in [-0.4, -0.2) is 72.3 Å². The Hall–Kier alpha value is -3.46. The molecule has 9 heteroatoms. The highest BCUT2D eigenvalue weighted by Crippen LogP contribution is 2.24. The molecule has 3 rings (SSSR count). The second-order valence-corrected chi connectivity index (χ2v) is 10.5. The van der Waals surface area contributed by atoms with Crippen molar-refractivity contribution < 1.29 is 23.9 Å². The van der Waals surface area contributed by atoms with Gasteiger partial charge in [0.05, 0.1) is 18.8 Å². The van der Waals surface area contributed by atoms with Crippen LogP contribution in [0, 0.1) is 0 Å². The van der Waals surface area contributed by atoms with E-state index in [0.717, 1.165) is 5.56 Å². The van der Waals surface area contributed by atoms with Gasteiger partial charge in [0.15, 0.2) is 0 Å². The molecule has 0 spiro atoms. The maximum Gasteiger partial charge on any atom is 0.410 e. The topological polar surface area (TPSA) is 110 Å². The van der Waals surface area contributed by atoms with Crippen molar-refractivity contribution in [3.63, 3.8) is 0 Å². The van der Waals surface area contributed by atoms with Gasteiger partial charge in [-0.1, -0.05) is 30.3 Å². The molecule has 9 nitrogen and oxygen atoms in total. The minimum absolute atomic E-state index is 0.200. The SMILES string of the molecule is CNC(=O)c1cc(C(=O)NCCCC2(C)CN(C(=O)OC(C)(C)C)CCO2)cc(Cc2ccccc2)n1. The maximum atomic E-state index is 12.9. The molecule has 1 aromatic carbocycles. The summed E-state index contributed by atoms with van der Waals surface area (Å²) in [5.41, 5.74) is 1.19. The number of ether oxygens (including phenoxy) is 2. The normalized spacial score (nSPS) is 17.7. The molecule has 2 aromatic rings. The van der Waals surface area contributed by atoms with Gasteiger partial charge in [-0.25, -0.2) is 9.78 Å². The van der Waals surface area contributed by atoms with Crippen LogP contribution in [-0.2, 0) is 15.9 Å². The van der Waals surface area contributed by atoms with Crippen LogP contribution in [0.4, 0.5) is 4.79 Å². The van der Waals surface area contributed by atoms with E-state index >= 15 is 0 Å². The third kappa shape index (κ3) is 8.56. The van der Waals surface area contributed by atoms with Crippen LogP contribution in [0.2, 0.25) is 0 Å². The van der Waals surface area contributed by atoms with Gasteiger partial charge in [-0.05, 0) is 58.2 Å². The van der Waals surface area contributed by atoms with Crippen molar-refractivity contribution in [2.75, 3.05) is 33.3 Å². The Labute approximate surface area is 218 Å². The summed E-state index contributed by atoms with van der Waals surface area (Å²) in [6, 6.07) is 13.0. The Kier molecular flexibility index (Phi) is 9.26. The molecule has 3 amide bonds. The van der Waals surface area contributed by atoms with Crippen molar-refractivity contribution in [3.05, 3.63) is 65.0 Å². The van der Waals surface area contributed by atoms with Gasteiger partial charge < -0.3 is 25.0 Å². The lowest BCUT2D eigenvalue weighted by Crippen LogP contribution is -2.53. The van der Waals surface area contributed by atoms with Crippen molar-refractivity contribution in [3.8, 4) is 0 Å². The van der Waals surface area contributed by atoms with E-state index in [1.54, 1.807) is 11.0 Å². The number of hydrogen-bond donors (Lipinski definition) is 2. The Morgan fingerprint density at radius 1 is 1.14 bits per heavy atom. The lowest BCUT2D eigenvalue weighted by atomic mass is 9.97. The molecule has 0 radical (unpaired) electrons. The van der Waals surface area contributed by atoms with Gasteiger partial charge in [0.25, 0.3) is 11.8 Å². The Morgan fingerprint density at radius 3 is 2.54 bits per heavy atom. The van der Waals surface area contributed by atoms with Gasteiger partial charge in [-0.2, -0.15) is 0 Å². The molecule has 1 saturated heterocycles. The van der Waals surface area contributed by atoms with Crippen LogP contribution in [0.15, 0.2) is 42.5 Å². The first kappa shape index (κ1) is 28.1. The molecule has 200 valence electrons. The van der Waals surface area contributed by atoms with Crippen LogP contribution in [0.5, 0.6) is 0 Å². The molecule has 1 fully saturated rings. The zero-order chi connectivity index (χ0) is 27.1. The molecule has 0 bridgehead atoms. The van der Waals surface area contributed by atoms with Crippen LogP contribution >= 0.6 is 0 Å². The number of rotatable bonds is 8. The zero-order valence-electron chi connectivity index (χ0n) is 22.4. The fourth-order valence-electron chi connectivity index (χ4n) is 4.19. The van der Waals surface area contributed by atoms with E-state index in [0.29, 0.717) is 56.8 Å². The van der Waals surface area contributed by atoms with E-state index in [-0.39, 0.29) is 23.6 Å². The number of aromatic nitrogens is 1. The van der Waals surface area contributed by atoms with E-state index in [9.17, 15) is 14.4 Å². The molecule has 1 aromatic heterocycles. The summed E-state index contributed by atoms with van der Waals surface area (Å²) in [5.74, 6) is -0.618. The number of nitrogens with one attached hydrogen (secondary N) is 2. The van der Waals surface area contributed by atoms with Crippen molar-refractivity contribution in [1.82, 2.24) is 20.5 Å². The Bertz CT molecular complexity index is 1100. The number of amides is 3. The van der Waals surface area contributed by atoms with Gasteiger partial charge in [-0.15, -0.1) is 0 Å². The van der Waals surface area contributed by atoms with E-state index in [1.807, 2.05) is 58.0 Å².